The highest BCUT2D eigenvalue weighted by Crippen LogP contribution is 2.44. The van der Waals surface area contributed by atoms with Crippen LogP contribution in [-0.2, 0) is 9.53 Å². The number of rotatable bonds is 5. The van der Waals surface area contributed by atoms with Crippen molar-refractivity contribution in [1.29, 1.82) is 0 Å². The first-order chi connectivity index (χ1) is 9.46. The van der Waals surface area contributed by atoms with Gasteiger partial charge in [0.25, 0.3) is 0 Å². The first kappa shape index (κ1) is 15.8. The lowest BCUT2D eigenvalue weighted by atomic mass is 9.63. The highest BCUT2D eigenvalue weighted by atomic mass is 16.5. The number of amides is 1. The Kier molecular flexibility index (Phi) is 4.75. The van der Waals surface area contributed by atoms with Gasteiger partial charge in [-0.1, -0.05) is 33.1 Å². The third-order valence-corrected chi connectivity index (χ3v) is 5.53. The minimum Gasteiger partial charge on any atom is -0.378 e. The van der Waals surface area contributed by atoms with E-state index >= 15 is 0 Å². The van der Waals surface area contributed by atoms with E-state index in [2.05, 4.69) is 19.2 Å². The number of ether oxygens (including phenoxy) is 1. The number of hydrogen-bond acceptors (Lipinski definition) is 3. The Bertz CT molecular complexity index is 348. The van der Waals surface area contributed by atoms with Gasteiger partial charge in [0.05, 0.1) is 11.5 Å². The van der Waals surface area contributed by atoms with Crippen molar-refractivity contribution < 1.29 is 9.53 Å². The van der Waals surface area contributed by atoms with E-state index in [0.29, 0.717) is 6.54 Å². The monoisotopic (exact) mass is 282 g/mol. The minimum absolute atomic E-state index is 0.0239. The summed E-state index contributed by atoms with van der Waals surface area (Å²) in [6.45, 7) is 7.59. The lowest BCUT2D eigenvalue weighted by Crippen LogP contribution is -2.64. The first-order valence-corrected chi connectivity index (χ1v) is 8.09. The van der Waals surface area contributed by atoms with Crippen LogP contribution >= 0.6 is 0 Å². The standard InChI is InChI=1S/C16H30N2O2/c1-4-20-13-10-12(15(13,2)3)18-14(19)16(11-17)8-6-5-7-9-16/h12-13H,4-11,17H2,1-3H3,(H,18,19). The van der Waals surface area contributed by atoms with Crippen molar-refractivity contribution in [3.8, 4) is 0 Å². The van der Waals surface area contributed by atoms with Crippen LogP contribution in [-0.4, -0.2) is 31.2 Å². The van der Waals surface area contributed by atoms with Crippen molar-refractivity contribution in [3.05, 3.63) is 0 Å². The lowest BCUT2D eigenvalue weighted by Gasteiger charge is -2.52. The van der Waals surface area contributed by atoms with Gasteiger partial charge < -0.3 is 15.8 Å². The normalized spacial score (nSPS) is 31.4. The van der Waals surface area contributed by atoms with Gasteiger partial charge in [-0.25, -0.2) is 0 Å². The second kappa shape index (κ2) is 6.02. The van der Waals surface area contributed by atoms with E-state index in [1.54, 1.807) is 0 Å². The lowest BCUT2D eigenvalue weighted by molar-refractivity contribution is -0.145. The summed E-state index contributed by atoms with van der Waals surface area (Å²) in [4.78, 5) is 12.7. The molecular weight excluding hydrogens is 252 g/mol. The smallest absolute Gasteiger partial charge is 0.227 e. The van der Waals surface area contributed by atoms with Crippen LogP contribution in [0.3, 0.4) is 0 Å². The molecule has 2 fully saturated rings. The van der Waals surface area contributed by atoms with E-state index in [9.17, 15) is 4.79 Å². The zero-order chi connectivity index (χ0) is 14.8. The molecule has 0 aliphatic heterocycles. The summed E-state index contributed by atoms with van der Waals surface area (Å²) in [5.74, 6) is 0.174. The second-order valence-electron chi connectivity index (χ2n) is 7.07. The van der Waals surface area contributed by atoms with Gasteiger partial charge in [0.15, 0.2) is 0 Å². The summed E-state index contributed by atoms with van der Waals surface area (Å²) in [5.41, 5.74) is 5.64. The van der Waals surface area contributed by atoms with E-state index in [4.69, 9.17) is 10.5 Å². The van der Waals surface area contributed by atoms with Gasteiger partial charge in [-0.15, -0.1) is 0 Å². The van der Waals surface area contributed by atoms with Crippen LogP contribution in [0.1, 0.15) is 59.3 Å². The molecular formula is C16H30N2O2. The average molecular weight is 282 g/mol. The molecule has 2 rings (SSSR count). The molecule has 2 saturated carbocycles. The Hall–Kier alpha value is -0.610. The third-order valence-electron chi connectivity index (χ3n) is 5.53. The molecule has 1 amide bonds. The van der Waals surface area contributed by atoms with Crippen molar-refractivity contribution in [2.75, 3.05) is 13.2 Å². The predicted molar refractivity (Wildman–Crippen MR) is 80.3 cm³/mol. The third kappa shape index (κ3) is 2.73. The Morgan fingerprint density at radius 1 is 1.30 bits per heavy atom. The molecule has 0 bridgehead atoms. The second-order valence-corrected chi connectivity index (χ2v) is 7.07. The Morgan fingerprint density at radius 3 is 2.45 bits per heavy atom. The summed E-state index contributed by atoms with van der Waals surface area (Å²) in [5, 5.41) is 3.26. The van der Waals surface area contributed by atoms with Crippen molar-refractivity contribution in [2.24, 2.45) is 16.6 Å². The van der Waals surface area contributed by atoms with Crippen molar-refractivity contribution >= 4 is 5.91 Å². The van der Waals surface area contributed by atoms with Crippen LogP contribution in [0.4, 0.5) is 0 Å². The molecule has 116 valence electrons. The molecule has 4 heteroatoms. The van der Waals surface area contributed by atoms with E-state index < -0.39 is 0 Å². The summed E-state index contributed by atoms with van der Waals surface area (Å²) in [6, 6.07) is 0.219. The molecule has 0 spiro atoms. The number of hydrogen-bond donors (Lipinski definition) is 2. The molecule has 2 aliphatic rings. The Labute approximate surface area is 122 Å². The number of carbonyl (C=O) groups excluding carboxylic acids is 1. The van der Waals surface area contributed by atoms with Gasteiger partial charge in [-0.05, 0) is 26.2 Å². The Morgan fingerprint density at radius 2 is 1.95 bits per heavy atom. The fraction of sp³-hybridized carbons (Fsp3) is 0.938. The zero-order valence-electron chi connectivity index (χ0n) is 13.2. The molecule has 2 unspecified atom stereocenters. The number of nitrogens with two attached hydrogens (primary N) is 1. The van der Waals surface area contributed by atoms with E-state index in [-0.39, 0.29) is 28.9 Å². The molecule has 2 atom stereocenters. The van der Waals surface area contributed by atoms with Gasteiger partial charge in [-0.2, -0.15) is 0 Å². The molecule has 0 aromatic rings. The van der Waals surface area contributed by atoms with Crippen molar-refractivity contribution in [1.82, 2.24) is 5.32 Å². The zero-order valence-corrected chi connectivity index (χ0v) is 13.2. The predicted octanol–water partition coefficient (Wildman–Crippen LogP) is 2.22. The highest BCUT2D eigenvalue weighted by molar-refractivity contribution is 5.83. The largest absolute Gasteiger partial charge is 0.378 e. The molecule has 2 aliphatic carbocycles. The molecule has 0 saturated heterocycles. The molecule has 0 heterocycles. The average Bonchev–Trinajstić information content (AvgIpc) is 2.46. The summed E-state index contributed by atoms with van der Waals surface area (Å²) >= 11 is 0. The quantitative estimate of drug-likeness (QED) is 0.812. The molecule has 0 radical (unpaired) electrons. The maximum Gasteiger partial charge on any atom is 0.227 e. The van der Waals surface area contributed by atoms with Crippen LogP contribution in [0.5, 0.6) is 0 Å². The van der Waals surface area contributed by atoms with Gasteiger partial charge in [0, 0.05) is 24.6 Å². The minimum atomic E-state index is -0.314. The van der Waals surface area contributed by atoms with E-state index in [1.807, 2.05) is 6.92 Å². The number of nitrogens with one attached hydrogen (secondary N) is 1. The van der Waals surface area contributed by atoms with Crippen LogP contribution in [0.25, 0.3) is 0 Å². The van der Waals surface area contributed by atoms with Gasteiger partial charge >= 0.3 is 0 Å². The topological polar surface area (TPSA) is 64.3 Å². The van der Waals surface area contributed by atoms with Crippen molar-refractivity contribution in [3.63, 3.8) is 0 Å². The SMILES string of the molecule is CCOC1CC(NC(=O)C2(CN)CCCCC2)C1(C)C. The maximum absolute atomic E-state index is 12.7. The van der Waals surface area contributed by atoms with Crippen LogP contribution in [0, 0.1) is 10.8 Å². The molecule has 20 heavy (non-hydrogen) atoms. The first-order valence-electron chi connectivity index (χ1n) is 8.09. The molecule has 0 aromatic carbocycles. The van der Waals surface area contributed by atoms with Gasteiger partial charge in [-0.3, -0.25) is 4.79 Å². The van der Waals surface area contributed by atoms with Crippen LogP contribution in [0.2, 0.25) is 0 Å². The fourth-order valence-corrected chi connectivity index (χ4v) is 3.68. The highest BCUT2D eigenvalue weighted by Gasteiger charge is 2.51. The van der Waals surface area contributed by atoms with Gasteiger partial charge in [0.2, 0.25) is 5.91 Å². The fourth-order valence-electron chi connectivity index (χ4n) is 3.68. The summed E-state index contributed by atoms with van der Waals surface area (Å²) in [6.07, 6.45) is 6.55. The molecule has 4 nitrogen and oxygen atoms in total. The van der Waals surface area contributed by atoms with Crippen LogP contribution < -0.4 is 11.1 Å². The maximum atomic E-state index is 12.7. The number of carbonyl (C=O) groups is 1. The molecule has 0 aromatic heterocycles. The van der Waals surface area contributed by atoms with Crippen molar-refractivity contribution in [2.45, 2.75) is 71.4 Å². The summed E-state index contributed by atoms with van der Waals surface area (Å²) < 4.78 is 5.73. The van der Waals surface area contributed by atoms with Crippen LogP contribution in [0.15, 0.2) is 0 Å². The van der Waals surface area contributed by atoms with Gasteiger partial charge in [0.1, 0.15) is 0 Å². The Balaban J connectivity index is 1.95. The van der Waals surface area contributed by atoms with E-state index in [0.717, 1.165) is 38.7 Å². The van der Waals surface area contributed by atoms with E-state index in [1.165, 1.54) is 6.42 Å². The summed E-state index contributed by atoms with van der Waals surface area (Å²) in [7, 11) is 0. The molecule has 3 N–H and O–H groups in total.